The molecule has 7 nitrogen and oxygen atoms in total. The van der Waals surface area contributed by atoms with Crippen LogP contribution in [-0.4, -0.2) is 21.8 Å². The summed E-state index contributed by atoms with van der Waals surface area (Å²) < 4.78 is 0. The van der Waals surface area contributed by atoms with Gasteiger partial charge in [0.2, 0.25) is 0 Å². The fraction of sp³-hybridized carbons (Fsp3) is 0.318. The van der Waals surface area contributed by atoms with Gasteiger partial charge in [0.25, 0.3) is 6.29 Å². The zero-order valence-corrected chi connectivity index (χ0v) is 16.6. The molecule has 156 valence electrons. The third-order valence-electron chi connectivity index (χ3n) is 3.62. The van der Waals surface area contributed by atoms with Crippen LogP contribution in [0.1, 0.15) is 39.0 Å². The monoisotopic (exact) mass is 400 g/mol. The van der Waals surface area contributed by atoms with Crippen molar-refractivity contribution in [3.8, 4) is 0 Å². The van der Waals surface area contributed by atoms with Crippen molar-refractivity contribution in [2.24, 2.45) is 0 Å². The molecule has 29 heavy (non-hydrogen) atoms. The Kier molecular flexibility index (Phi) is 14.9. The lowest BCUT2D eigenvalue weighted by Gasteiger charge is -2.07. The Balaban J connectivity index is 4.13. The zero-order valence-electron chi connectivity index (χ0n) is 16.6. The second-order valence-electron chi connectivity index (χ2n) is 5.87. The third-order valence-corrected chi connectivity index (χ3v) is 3.62. The Morgan fingerprint density at radius 3 is 1.52 bits per heavy atom. The van der Waals surface area contributed by atoms with E-state index in [1.807, 2.05) is 30.4 Å². The highest BCUT2D eigenvalue weighted by molar-refractivity contribution is 5.59. The van der Waals surface area contributed by atoms with Gasteiger partial charge in [0, 0.05) is 0 Å². The Labute approximate surface area is 171 Å². The first-order valence-electron chi connectivity index (χ1n) is 9.36. The van der Waals surface area contributed by atoms with Crippen LogP contribution < -0.4 is 0 Å². The number of nitrogens with zero attached hydrogens (tertiary/aromatic N) is 2. The van der Waals surface area contributed by atoms with Gasteiger partial charge in [-0.05, 0) is 25.7 Å². The number of hydrogen-bond acceptors (Lipinski definition) is 5. The SMILES string of the molecule is CCC=CCC=CCC=CC=CC=CC=CCC=CCC(C=O)([N+](=O)[O-])[N+](=O)[O-]. The number of nitro groups is 2. The van der Waals surface area contributed by atoms with Crippen molar-refractivity contribution >= 4 is 6.29 Å². The van der Waals surface area contributed by atoms with E-state index in [0.29, 0.717) is 6.42 Å². The molecule has 0 unspecified atom stereocenters. The van der Waals surface area contributed by atoms with Crippen LogP contribution in [0, 0.1) is 20.2 Å². The minimum Gasteiger partial charge on any atom is -0.287 e. The first kappa shape index (κ1) is 25.6. The molecule has 0 rings (SSSR count). The predicted molar refractivity (Wildman–Crippen MR) is 116 cm³/mol. The molecule has 0 aliphatic heterocycles. The number of carbonyl (C=O) groups excluding carboxylic acids is 1. The molecule has 0 aromatic rings. The Morgan fingerprint density at radius 2 is 1.07 bits per heavy atom. The van der Waals surface area contributed by atoms with Crippen molar-refractivity contribution < 1.29 is 14.6 Å². The molecule has 0 aromatic carbocycles. The van der Waals surface area contributed by atoms with Gasteiger partial charge in [0.05, 0.1) is 0 Å². The minimum atomic E-state index is -2.81. The summed E-state index contributed by atoms with van der Waals surface area (Å²) in [7, 11) is 0. The molecular formula is C22H28N2O5. The largest absolute Gasteiger partial charge is 0.516 e. The molecule has 0 bridgehead atoms. The molecule has 0 aliphatic carbocycles. The maximum absolute atomic E-state index is 10.8. The molecule has 0 N–H and O–H groups in total. The summed E-state index contributed by atoms with van der Waals surface area (Å²) in [6.07, 6.45) is 29.0. The normalized spacial score (nSPS) is 13.4. The molecule has 0 aromatic heterocycles. The van der Waals surface area contributed by atoms with Crippen LogP contribution in [0.5, 0.6) is 0 Å². The van der Waals surface area contributed by atoms with Gasteiger partial charge in [-0.25, -0.2) is 0 Å². The van der Waals surface area contributed by atoms with E-state index in [-0.39, 0.29) is 6.29 Å². The van der Waals surface area contributed by atoms with Crippen molar-refractivity contribution in [3.63, 3.8) is 0 Å². The van der Waals surface area contributed by atoms with Crippen LogP contribution >= 0.6 is 0 Å². The molecule has 0 amide bonds. The number of aldehydes is 1. The Morgan fingerprint density at radius 1 is 0.655 bits per heavy atom. The lowest BCUT2D eigenvalue weighted by Crippen LogP contribution is -2.47. The van der Waals surface area contributed by atoms with E-state index in [1.54, 1.807) is 18.2 Å². The molecule has 7 heteroatoms. The molecule has 0 fully saturated rings. The quantitative estimate of drug-likeness (QED) is 0.0926. The Bertz CT molecular complexity index is 699. The van der Waals surface area contributed by atoms with Gasteiger partial charge in [0.1, 0.15) is 16.3 Å². The maximum Gasteiger partial charge on any atom is 0.516 e. The number of rotatable bonds is 15. The second kappa shape index (κ2) is 16.8. The van der Waals surface area contributed by atoms with Crippen molar-refractivity contribution in [2.75, 3.05) is 0 Å². The van der Waals surface area contributed by atoms with E-state index in [9.17, 15) is 25.0 Å². The number of allylic oxidation sites excluding steroid dienone is 13. The second-order valence-corrected chi connectivity index (χ2v) is 5.87. The number of hydrogen-bond donors (Lipinski definition) is 0. The number of carbonyl (C=O) groups is 1. The molecule has 0 spiro atoms. The third kappa shape index (κ3) is 11.9. The molecular weight excluding hydrogens is 372 g/mol. The Hall–Kier alpha value is -3.35. The van der Waals surface area contributed by atoms with E-state index < -0.39 is 21.9 Å². The van der Waals surface area contributed by atoms with E-state index in [2.05, 4.69) is 37.3 Å². The van der Waals surface area contributed by atoms with Crippen LogP contribution in [-0.2, 0) is 4.79 Å². The highest BCUT2D eigenvalue weighted by Crippen LogP contribution is 2.14. The summed E-state index contributed by atoms with van der Waals surface area (Å²) in [6, 6.07) is 0. The summed E-state index contributed by atoms with van der Waals surface area (Å²) in [4.78, 5) is 29.9. The van der Waals surface area contributed by atoms with E-state index >= 15 is 0 Å². The van der Waals surface area contributed by atoms with E-state index in [1.165, 1.54) is 6.08 Å². The highest BCUT2D eigenvalue weighted by Gasteiger charge is 2.55. The van der Waals surface area contributed by atoms with E-state index in [4.69, 9.17) is 0 Å². The minimum absolute atomic E-state index is 0.238. The smallest absolute Gasteiger partial charge is 0.287 e. The van der Waals surface area contributed by atoms with Gasteiger partial charge < -0.3 is 0 Å². The van der Waals surface area contributed by atoms with Gasteiger partial charge >= 0.3 is 5.66 Å². The van der Waals surface area contributed by atoms with Crippen LogP contribution in [0.3, 0.4) is 0 Å². The summed E-state index contributed by atoms with van der Waals surface area (Å²) in [5.74, 6) is 0. The first-order valence-corrected chi connectivity index (χ1v) is 9.36. The predicted octanol–water partition coefficient (Wildman–Crippen LogP) is 5.30. The van der Waals surface area contributed by atoms with E-state index in [0.717, 1.165) is 19.3 Å². The molecule has 0 atom stereocenters. The summed E-state index contributed by atoms with van der Waals surface area (Å²) in [5.41, 5.74) is -2.81. The average Bonchev–Trinajstić information content (AvgIpc) is 2.69. The van der Waals surface area contributed by atoms with Gasteiger partial charge in [-0.1, -0.05) is 92.0 Å². The van der Waals surface area contributed by atoms with Crippen LogP contribution in [0.4, 0.5) is 0 Å². The standard InChI is InChI=1S/C22H28N2O5/c1-2-3-4-5-6-7-8-9-10-11-12-13-14-15-16-17-18-19-20-22(21-25,23(26)27)24(28)29/h3-4,6-7,9-16,18-19,21H,2,5,8,17,20H2,1H3. The van der Waals surface area contributed by atoms with Gasteiger partial charge in [-0.3, -0.25) is 25.0 Å². The summed E-state index contributed by atoms with van der Waals surface area (Å²) >= 11 is 0. The molecule has 0 heterocycles. The molecule has 0 saturated carbocycles. The average molecular weight is 400 g/mol. The van der Waals surface area contributed by atoms with Crippen molar-refractivity contribution in [2.45, 2.75) is 44.7 Å². The lowest BCUT2D eigenvalue weighted by molar-refractivity contribution is -0.772. The summed E-state index contributed by atoms with van der Waals surface area (Å²) in [6.45, 7) is 2.11. The van der Waals surface area contributed by atoms with Crippen LogP contribution in [0.15, 0.2) is 85.1 Å². The summed E-state index contributed by atoms with van der Waals surface area (Å²) in [5, 5.41) is 21.5. The lowest BCUT2D eigenvalue weighted by atomic mass is 10.1. The van der Waals surface area contributed by atoms with Crippen molar-refractivity contribution in [1.82, 2.24) is 0 Å². The first-order chi connectivity index (χ1) is 14.0. The van der Waals surface area contributed by atoms with Gasteiger partial charge in [0.15, 0.2) is 0 Å². The zero-order chi connectivity index (χ0) is 21.8. The maximum atomic E-state index is 10.8. The van der Waals surface area contributed by atoms with Crippen molar-refractivity contribution in [1.29, 1.82) is 0 Å². The molecule has 0 radical (unpaired) electrons. The van der Waals surface area contributed by atoms with Crippen molar-refractivity contribution in [3.05, 3.63) is 105 Å². The topological polar surface area (TPSA) is 103 Å². The highest BCUT2D eigenvalue weighted by atomic mass is 16.7. The fourth-order valence-electron chi connectivity index (χ4n) is 1.96. The fourth-order valence-corrected chi connectivity index (χ4v) is 1.96. The van der Waals surface area contributed by atoms with Gasteiger partial charge in [-0.2, -0.15) is 0 Å². The van der Waals surface area contributed by atoms with Crippen LogP contribution in [0.2, 0.25) is 0 Å². The molecule has 0 aliphatic rings. The van der Waals surface area contributed by atoms with Gasteiger partial charge in [-0.15, -0.1) is 0 Å². The van der Waals surface area contributed by atoms with Crippen LogP contribution in [0.25, 0.3) is 0 Å². The molecule has 0 saturated heterocycles.